The highest BCUT2D eigenvalue weighted by Crippen LogP contribution is 2.40. The average molecular weight is 532 g/mol. The minimum absolute atomic E-state index is 0.0213. The number of nitrogens with one attached hydrogen (secondary N) is 1. The molecule has 3 saturated heterocycles. The van der Waals surface area contributed by atoms with Gasteiger partial charge in [-0.25, -0.2) is 9.37 Å². The SMILES string of the molecule is O[C@@H]1CO[C@H]2[C@@H]1OC[C@H]2Oc1nc2nc(CC3CCc4cc(O[C@@H]5CCOC5)cc(F)c43)c(Cl)cc2[nH]1. The molecule has 7 rings (SSSR count). The van der Waals surface area contributed by atoms with Crippen LogP contribution < -0.4 is 9.47 Å². The predicted molar refractivity (Wildman–Crippen MR) is 130 cm³/mol. The van der Waals surface area contributed by atoms with Crippen LogP contribution in [0.1, 0.15) is 35.6 Å². The Kier molecular flexibility index (Phi) is 5.97. The molecule has 1 unspecified atom stereocenters. The van der Waals surface area contributed by atoms with Gasteiger partial charge in [0.1, 0.15) is 36.0 Å². The molecule has 0 amide bonds. The average Bonchev–Trinajstić information content (AvgIpc) is 3.67. The number of imidazole rings is 1. The molecule has 0 spiro atoms. The summed E-state index contributed by atoms with van der Waals surface area (Å²) in [7, 11) is 0. The molecule has 11 heteroatoms. The Labute approximate surface area is 217 Å². The second-order valence-corrected chi connectivity index (χ2v) is 10.6. The summed E-state index contributed by atoms with van der Waals surface area (Å²) in [5, 5.41) is 10.4. The Morgan fingerprint density at radius 2 is 1.97 bits per heavy atom. The van der Waals surface area contributed by atoms with Crippen LogP contribution in [0.15, 0.2) is 18.2 Å². The molecule has 3 fully saturated rings. The molecule has 4 aliphatic rings. The van der Waals surface area contributed by atoms with Gasteiger partial charge in [-0.2, -0.15) is 4.98 Å². The zero-order valence-electron chi connectivity index (χ0n) is 20.0. The Hall–Kier alpha value is -2.50. The number of aromatic amines is 1. The number of aliphatic hydroxyl groups is 1. The molecule has 5 heterocycles. The minimum atomic E-state index is -0.649. The lowest BCUT2D eigenvalue weighted by Crippen LogP contribution is -2.34. The highest BCUT2D eigenvalue weighted by atomic mass is 35.5. The lowest BCUT2D eigenvalue weighted by atomic mass is 9.95. The Morgan fingerprint density at radius 3 is 2.84 bits per heavy atom. The van der Waals surface area contributed by atoms with Gasteiger partial charge in [-0.3, -0.25) is 0 Å². The molecule has 0 saturated carbocycles. The van der Waals surface area contributed by atoms with E-state index in [1.165, 1.54) is 6.07 Å². The molecule has 0 bridgehead atoms. The van der Waals surface area contributed by atoms with E-state index in [0.717, 1.165) is 24.8 Å². The summed E-state index contributed by atoms with van der Waals surface area (Å²) in [4.78, 5) is 12.3. The maximum absolute atomic E-state index is 15.2. The standard InChI is InChI=1S/C26H27ClFN3O6/c27-16-8-19-25(31-26(30-19)37-21-11-35-23-20(32)10-34-24(21)23)29-18(16)6-13-2-1-12-5-15(7-17(28)22(12)13)36-14-3-4-33-9-14/h5,7-8,13-14,20-21,23-24,32H,1-4,6,9-11H2,(H,29,30,31)/t13?,14-,20-,21-,23-,24-/m1/s1. The first-order valence-electron chi connectivity index (χ1n) is 12.7. The van der Waals surface area contributed by atoms with E-state index in [4.69, 9.17) is 35.3 Å². The van der Waals surface area contributed by atoms with Crippen molar-refractivity contribution in [2.24, 2.45) is 0 Å². The van der Waals surface area contributed by atoms with Crippen LogP contribution in [0.5, 0.6) is 11.8 Å². The van der Waals surface area contributed by atoms with Crippen molar-refractivity contribution in [2.75, 3.05) is 26.4 Å². The summed E-state index contributed by atoms with van der Waals surface area (Å²) in [6, 6.07) is 5.49. The molecule has 196 valence electrons. The fourth-order valence-electron chi connectivity index (χ4n) is 5.91. The van der Waals surface area contributed by atoms with E-state index in [9.17, 15) is 5.11 Å². The third-order valence-corrected chi connectivity index (χ3v) is 8.04. The fourth-order valence-corrected chi connectivity index (χ4v) is 6.14. The molecule has 1 aromatic carbocycles. The van der Waals surface area contributed by atoms with Gasteiger partial charge in [-0.1, -0.05) is 11.6 Å². The number of aromatic nitrogens is 3. The van der Waals surface area contributed by atoms with Gasteiger partial charge < -0.3 is 33.8 Å². The first-order valence-corrected chi connectivity index (χ1v) is 13.1. The van der Waals surface area contributed by atoms with Gasteiger partial charge in [0.15, 0.2) is 11.8 Å². The molecule has 0 radical (unpaired) electrons. The highest BCUT2D eigenvalue weighted by Gasteiger charge is 2.48. The molecular formula is C26H27ClFN3O6. The van der Waals surface area contributed by atoms with Crippen LogP contribution in [0.2, 0.25) is 5.02 Å². The van der Waals surface area contributed by atoms with Crippen molar-refractivity contribution in [3.63, 3.8) is 0 Å². The smallest absolute Gasteiger partial charge is 0.296 e. The van der Waals surface area contributed by atoms with Gasteiger partial charge in [0.05, 0.1) is 42.7 Å². The first kappa shape index (κ1) is 23.6. The number of nitrogens with zero attached hydrogens (tertiary/aromatic N) is 2. The molecule has 37 heavy (non-hydrogen) atoms. The summed E-state index contributed by atoms with van der Waals surface area (Å²) >= 11 is 6.59. The van der Waals surface area contributed by atoms with Crippen molar-refractivity contribution >= 4 is 22.8 Å². The number of hydrogen-bond acceptors (Lipinski definition) is 8. The molecule has 3 aliphatic heterocycles. The van der Waals surface area contributed by atoms with Crippen molar-refractivity contribution in [1.82, 2.24) is 15.0 Å². The van der Waals surface area contributed by atoms with Crippen LogP contribution in [0.3, 0.4) is 0 Å². The number of fused-ring (bicyclic) bond motifs is 3. The normalized spacial score (nSPS) is 30.7. The predicted octanol–water partition coefficient (Wildman–Crippen LogP) is 3.10. The Balaban J connectivity index is 1.08. The monoisotopic (exact) mass is 531 g/mol. The van der Waals surface area contributed by atoms with Crippen LogP contribution >= 0.6 is 11.6 Å². The topological polar surface area (TPSA) is 108 Å². The van der Waals surface area contributed by atoms with Gasteiger partial charge in [0, 0.05) is 12.5 Å². The molecule has 2 aromatic heterocycles. The summed E-state index contributed by atoms with van der Waals surface area (Å²) in [6.07, 6.45) is 1.13. The second kappa shape index (κ2) is 9.36. The van der Waals surface area contributed by atoms with Crippen LogP contribution in [-0.4, -0.2) is 77.0 Å². The third kappa shape index (κ3) is 4.34. The number of aliphatic hydroxyl groups excluding tert-OH is 1. The quantitative estimate of drug-likeness (QED) is 0.499. The van der Waals surface area contributed by atoms with Gasteiger partial charge in [-0.05, 0) is 48.4 Å². The lowest BCUT2D eigenvalue weighted by Gasteiger charge is -2.16. The number of H-pyrrole nitrogens is 1. The fraction of sp³-hybridized carbons (Fsp3) is 0.538. The van der Waals surface area contributed by atoms with Gasteiger partial charge in [-0.15, -0.1) is 0 Å². The largest absolute Gasteiger partial charge is 0.488 e. The molecule has 2 N–H and O–H groups in total. The Bertz CT molecular complexity index is 1330. The van der Waals surface area contributed by atoms with Crippen molar-refractivity contribution in [2.45, 2.75) is 62.1 Å². The van der Waals surface area contributed by atoms with Crippen molar-refractivity contribution in [1.29, 1.82) is 0 Å². The molecule has 6 atom stereocenters. The molecular weight excluding hydrogens is 505 g/mol. The van der Waals surface area contributed by atoms with E-state index in [1.54, 1.807) is 6.07 Å². The van der Waals surface area contributed by atoms with E-state index >= 15 is 4.39 Å². The zero-order chi connectivity index (χ0) is 25.1. The third-order valence-electron chi connectivity index (χ3n) is 7.71. The van der Waals surface area contributed by atoms with Gasteiger partial charge >= 0.3 is 0 Å². The zero-order valence-corrected chi connectivity index (χ0v) is 20.7. The first-order chi connectivity index (χ1) is 18.0. The van der Waals surface area contributed by atoms with Crippen LogP contribution in [0, 0.1) is 5.82 Å². The van der Waals surface area contributed by atoms with Crippen molar-refractivity contribution < 1.29 is 33.2 Å². The summed E-state index contributed by atoms with van der Waals surface area (Å²) < 4.78 is 43.7. The highest BCUT2D eigenvalue weighted by molar-refractivity contribution is 6.31. The maximum atomic E-state index is 15.2. The van der Waals surface area contributed by atoms with E-state index < -0.39 is 6.10 Å². The minimum Gasteiger partial charge on any atom is -0.488 e. The number of hydrogen-bond donors (Lipinski definition) is 2. The Morgan fingerprint density at radius 1 is 1.08 bits per heavy atom. The van der Waals surface area contributed by atoms with Gasteiger partial charge in [0.25, 0.3) is 6.01 Å². The molecule has 1 aliphatic carbocycles. The number of halogens is 2. The second-order valence-electron chi connectivity index (χ2n) is 10.2. The van der Waals surface area contributed by atoms with E-state index in [2.05, 4.69) is 15.0 Å². The van der Waals surface area contributed by atoms with Crippen molar-refractivity contribution in [3.05, 3.63) is 45.9 Å². The number of aryl methyl sites for hydroxylation is 1. The van der Waals surface area contributed by atoms with Crippen LogP contribution in [0.25, 0.3) is 11.2 Å². The van der Waals surface area contributed by atoms with E-state index in [0.29, 0.717) is 59.4 Å². The molecule has 9 nitrogen and oxygen atoms in total. The number of benzene rings is 1. The van der Waals surface area contributed by atoms with Crippen LogP contribution in [0.4, 0.5) is 4.39 Å². The summed E-state index contributed by atoms with van der Waals surface area (Å²) in [6.45, 7) is 1.75. The number of pyridine rings is 1. The molecule has 3 aromatic rings. The van der Waals surface area contributed by atoms with Gasteiger partial charge in [0.2, 0.25) is 0 Å². The lowest BCUT2D eigenvalue weighted by molar-refractivity contribution is 0.00706. The van der Waals surface area contributed by atoms with E-state index in [-0.39, 0.29) is 48.8 Å². The van der Waals surface area contributed by atoms with Crippen molar-refractivity contribution in [3.8, 4) is 11.8 Å². The number of rotatable bonds is 6. The maximum Gasteiger partial charge on any atom is 0.296 e. The summed E-state index contributed by atoms with van der Waals surface area (Å²) in [5.41, 5.74) is 3.47. The van der Waals surface area contributed by atoms with Crippen LogP contribution in [-0.2, 0) is 27.1 Å². The van der Waals surface area contributed by atoms with E-state index in [1.807, 2.05) is 6.07 Å². The number of ether oxygens (including phenoxy) is 5. The summed E-state index contributed by atoms with van der Waals surface area (Å²) in [5.74, 6) is 0.276.